The summed E-state index contributed by atoms with van der Waals surface area (Å²) in [5.74, 6) is -0.405. The summed E-state index contributed by atoms with van der Waals surface area (Å²) in [6, 6.07) is 13.1. The van der Waals surface area contributed by atoms with E-state index in [1.54, 1.807) is 30.3 Å². The highest BCUT2D eigenvalue weighted by atomic mass is 35.5. The van der Waals surface area contributed by atoms with Crippen LogP contribution >= 0.6 is 11.6 Å². The van der Waals surface area contributed by atoms with E-state index < -0.39 is 12.1 Å². The molecule has 1 heterocycles. The summed E-state index contributed by atoms with van der Waals surface area (Å²) in [6.45, 7) is 7.20. The first-order valence-electron chi connectivity index (χ1n) is 8.71. The predicted octanol–water partition coefficient (Wildman–Crippen LogP) is 3.67. The van der Waals surface area contributed by atoms with Crippen molar-refractivity contribution in [2.45, 2.75) is 31.4 Å². The fraction of sp³-hybridized carbons (Fsp3) is 0.286. The molecule has 0 unspecified atom stereocenters. The van der Waals surface area contributed by atoms with Gasteiger partial charge < -0.3 is 10.0 Å². The van der Waals surface area contributed by atoms with Crippen LogP contribution in [0, 0.1) is 6.57 Å². The van der Waals surface area contributed by atoms with Crippen LogP contribution in [0.4, 0.5) is 5.69 Å². The zero-order valence-corrected chi connectivity index (χ0v) is 15.4. The minimum atomic E-state index is -0.720. The van der Waals surface area contributed by atoms with Crippen molar-refractivity contribution in [2.75, 3.05) is 6.54 Å². The minimum absolute atomic E-state index is 0.0730. The van der Waals surface area contributed by atoms with E-state index in [1.165, 1.54) is 11.0 Å². The number of rotatable bonds is 5. The topological polar surface area (TPSA) is 62.0 Å². The van der Waals surface area contributed by atoms with Gasteiger partial charge in [-0.05, 0) is 30.2 Å². The molecule has 1 fully saturated rings. The summed E-state index contributed by atoms with van der Waals surface area (Å²) < 4.78 is 0. The van der Waals surface area contributed by atoms with Crippen molar-refractivity contribution in [3.05, 3.63) is 76.1 Å². The summed E-state index contributed by atoms with van der Waals surface area (Å²) in [7, 11) is 0. The number of halogens is 1. The molecule has 3 rings (SSSR count). The first kappa shape index (κ1) is 19.1. The van der Waals surface area contributed by atoms with Crippen molar-refractivity contribution in [1.82, 2.24) is 4.90 Å². The molecule has 2 aromatic rings. The highest BCUT2D eigenvalue weighted by Gasteiger charge is 2.38. The largest absolute Gasteiger partial charge is 0.391 e. The zero-order valence-electron chi connectivity index (χ0n) is 14.6. The summed E-state index contributed by atoms with van der Waals surface area (Å²) in [4.78, 5) is 30.3. The Morgan fingerprint density at radius 3 is 2.67 bits per heavy atom. The van der Waals surface area contributed by atoms with Crippen molar-refractivity contribution in [1.29, 1.82) is 0 Å². The molecule has 6 heteroatoms. The molecular weight excluding hydrogens is 364 g/mol. The number of hydrogen-bond donors (Lipinski definition) is 1. The van der Waals surface area contributed by atoms with Gasteiger partial charge in [0.05, 0.1) is 18.7 Å². The summed E-state index contributed by atoms with van der Waals surface area (Å²) >= 11 is 5.87. The third-order valence-corrected chi connectivity index (χ3v) is 4.96. The molecule has 1 amide bonds. The van der Waals surface area contributed by atoms with Crippen LogP contribution in [0.1, 0.15) is 28.8 Å². The number of likely N-dealkylation sites (tertiary alicyclic amines) is 1. The lowest BCUT2D eigenvalue weighted by Gasteiger charge is -2.23. The second-order valence-electron chi connectivity index (χ2n) is 6.62. The molecule has 1 aliphatic rings. The van der Waals surface area contributed by atoms with Gasteiger partial charge in [-0.1, -0.05) is 41.9 Å². The molecule has 0 bridgehead atoms. The Bertz CT molecular complexity index is 889. The third kappa shape index (κ3) is 4.54. The number of benzene rings is 2. The maximum atomic E-state index is 12.8. The number of aliphatic hydroxyl groups is 1. The fourth-order valence-electron chi connectivity index (χ4n) is 3.30. The maximum Gasteiger partial charge on any atom is 0.253 e. The van der Waals surface area contributed by atoms with Crippen molar-refractivity contribution in [2.24, 2.45) is 0 Å². The lowest BCUT2D eigenvalue weighted by atomic mass is 10.0. The molecule has 1 N–H and O–H groups in total. The number of carbonyl (C=O) groups is 2. The van der Waals surface area contributed by atoms with Crippen LogP contribution in [-0.4, -0.2) is 40.4 Å². The normalized spacial score (nSPS) is 18.9. The Labute approximate surface area is 163 Å². The highest BCUT2D eigenvalue weighted by Crippen LogP contribution is 2.24. The fourth-order valence-corrected chi connectivity index (χ4v) is 3.43. The Balaban J connectivity index is 1.71. The summed E-state index contributed by atoms with van der Waals surface area (Å²) in [5.41, 5.74) is 1.72. The van der Waals surface area contributed by atoms with Crippen molar-refractivity contribution in [3.63, 3.8) is 0 Å². The smallest absolute Gasteiger partial charge is 0.253 e. The molecule has 5 nitrogen and oxygen atoms in total. The van der Waals surface area contributed by atoms with Gasteiger partial charge in [-0.15, -0.1) is 0 Å². The van der Waals surface area contributed by atoms with Gasteiger partial charge in [-0.25, -0.2) is 4.85 Å². The molecule has 1 saturated heterocycles. The lowest BCUT2D eigenvalue weighted by molar-refractivity contribution is -0.122. The van der Waals surface area contributed by atoms with Gasteiger partial charge in [0.2, 0.25) is 0 Å². The molecule has 2 aromatic carbocycles. The standard InChI is InChI=1S/C21H19ClN2O3/c1-23-17-4-2-3-15(11-17)21(27)24-13-18(25)12-19(24)20(26)10-7-14-5-8-16(22)9-6-14/h2-6,8-9,11,18-19,25H,7,10,12-13H2/t18-,19+/m1/s1. The molecule has 138 valence electrons. The van der Waals surface area contributed by atoms with Crippen LogP contribution in [0.3, 0.4) is 0 Å². The monoisotopic (exact) mass is 382 g/mol. The van der Waals surface area contributed by atoms with E-state index >= 15 is 0 Å². The number of aliphatic hydroxyl groups excluding tert-OH is 1. The minimum Gasteiger partial charge on any atom is -0.391 e. The number of β-amino-alcohol motifs (C(OH)–C–C–N with tert-alkyl or cyclic N) is 1. The quantitative estimate of drug-likeness (QED) is 0.802. The van der Waals surface area contributed by atoms with E-state index in [4.69, 9.17) is 18.2 Å². The third-order valence-electron chi connectivity index (χ3n) is 4.71. The Morgan fingerprint density at radius 2 is 1.96 bits per heavy atom. The number of carbonyl (C=O) groups excluding carboxylic acids is 2. The molecule has 0 radical (unpaired) electrons. The second kappa shape index (κ2) is 8.34. The Morgan fingerprint density at radius 1 is 1.22 bits per heavy atom. The van der Waals surface area contributed by atoms with Gasteiger partial charge in [0.15, 0.2) is 11.5 Å². The van der Waals surface area contributed by atoms with Crippen LogP contribution in [-0.2, 0) is 11.2 Å². The van der Waals surface area contributed by atoms with Crippen molar-refractivity contribution < 1.29 is 14.7 Å². The number of Topliss-reactive ketones (excluding diaryl/α,β-unsaturated/α-hetero) is 1. The average Bonchev–Trinajstić information content (AvgIpc) is 3.08. The molecule has 27 heavy (non-hydrogen) atoms. The summed E-state index contributed by atoms with van der Waals surface area (Å²) in [5, 5.41) is 10.7. The second-order valence-corrected chi connectivity index (χ2v) is 7.05. The van der Waals surface area contributed by atoms with Crippen LogP contribution in [0.15, 0.2) is 48.5 Å². The van der Waals surface area contributed by atoms with E-state index in [0.29, 0.717) is 22.7 Å². The van der Waals surface area contributed by atoms with E-state index in [9.17, 15) is 14.7 Å². The van der Waals surface area contributed by atoms with E-state index in [0.717, 1.165) is 5.56 Å². The number of amides is 1. The van der Waals surface area contributed by atoms with Gasteiger partial charge in [-0.2, -0.15) is 0 Å². The molecular formula is C21H19ClN2O3. The molecule has 1 aliphatic heterocycles. The number of ketones is 1. The average molecular weight is 383 g/mol. The molecule has 2 atom stereocenters. The van der Waals surface area contributed by atoms with Gasteiger partial charge in [0.1, 0.15) is 0 Å². The van der Waals surface area contributed by atoms with E-state index in [-0.39, 0.29) is 31.1 Å². The number of aryl methyl sites for hydroxylation is 1. The number of nitrogens with zero attached hydrogens (tertiary/aromatic N) is 2. The predicted molar refractivity (Wildman–Crippen MR) is 103 cm³/mol. The van der Waals surface area contributed by atoms with Crippen LogP contribution < -0.4 is 0 Å². The van der Waals surface area contributed by atoms with Crippen molar-refractivity contribution in [3.8, 4) is 0 Å². The highest BCUT2D eigenvalue weighted by molar-refractivity contribution is 6.30. The SMILES string of the molecule is [C-]#[N+]c1cccc(C(=O)N2C[C@H](O)C[C@H]2C(=O)CCc2ccc(Cl)cc2)c1. The Kier molecular flexibility index (Phi) is 5.90. The van der Waals surface area contributed by atoms with Crippen LogP contribution in [0.2, 0.25) is 5.02 Å². The molecule has 0 aliphatic carbocycles. The zero-order chi connectivity index (χ0) is 19.4. The van der Waals surface area contributed by atoms with E-state index in [1.807, 2.05) is 12.1 Å². The molecule has 0 saturated carbocycles. The number of hydrogen-bond acceptors (Lipinski definition) is 3. The van der Waals surface area contributed by atoms with Crippen LogP contribution in [0.5, 0.6) is 0 Å². The van der Waals surface area contributed by atoms with Gasteiger partial charge in [0, 0.05) is 30.0 Å². The molecule has 0 spiro atoms. The molecule has 0 aromatic heterocycles. The van der Waals surface area contributed by atoms with Crippen molar-refractivity contribution >= 4 is 29.0 Å². The van der Waals surface area contributed by atoms with Gasteiger partial charge in [-0.3, -0.25) is 9.59 Å². The maximum absolute atomic E-state index is 12.8. The van der Waals surface area contributed by atoms with Gasteiger partial charge in [0.25, 0.3) is 5.91 Å². The van der Waals surface area contributed by atoms with Gasteiger partial charge >= 0.3 is 0 Å². The van der Waals surface area contributed by atoms with E-state index in [2.05, 4.69) is 4.85 Å². The van der Waals surface area contributed by atoms with Crippen LogP contribution in [0.25, 0.3) is 4.85 Å². The first-order chi connectivity index (χ1) is 13.0. The Hall–Kier alpha value is -2.68. The first-order valence-corrected chi connectivity index (χ1v) is 9.09. The summed E-state index contributed by atoms with van der Waals surface area (Å²) in [6.07, 6.45) is 0.360. The lowest BCUT2D eigenvalue weighted by Crippen LogP contribution is -2.40.